The Hall–Kier alpha value is -0.930. The van der Waals surface area contributed by atoms with Crippen molar-refractivity contribution in [2.24, 2.45) is 0 Å². The van der Waals surface area contributed by atoms with Gasteiger partial charge < -0.3 is 0 Å². The average Bonchev–Trinajstić information content (AvgIpc) is 2.57. The molecule has 0 bridgehead atoms. The monoisotopic (exact) mass is 227 g/mol. The van der Waals surface area contributed by atoms with Crippen molar-refractivity contribution in [2.45, 2.75) is 6.92 Å². The molecule has 0 saturated heterocycles. The lowest BCUT2D eigenvalue weighted by atomic mass is 10.1. The highest BCUT2D eigenvalue weighted by atomic mass is 35.5. The van der Waals surface area contributed by atoms with Crippen LogP contribution in [0, 0.1) is 12.7 Å². The molecule has 2 rings (SSSR count). The van der Waals surface area contributed by atoms with Gasteiger partial charge in [-0.3, -0.25) is 0 Å². The molecule has 14 heavy (non-hydrogen) atoms. The van der Waals surface area contributed by atoms with Crippen LogP contribution in [0.1, 0.15) is 5.56 Å². The lowest BCUT2D eigenvalue weighted by Gasteiger charge is -1.98. The zero-order chi connectivity index (χ0) is 10.1. The van der Waals surface area contributed by atoms with Gasteiger partial charge in [-0.1, -0.05) is 23.7 Å². The van der Waals surface area contributed by atoms with Crippen LogP contribution >= 0.6 is 22.9 Å². The largest absolute Gasteiger partial charge is 0.224 e. The van der Waals surface area contributed by atoms with Crippen molar-refractivity contribution in [3.8, 4) is 10.6 Å². The van der Waals surface area contributed by atoms with Crippen molar-refractivity contribution in [1.29, 1.82) is 0 Å². The van der Waals surface area contributed by atoms with E-state index in [4.69, 9.17) is 11.6 Å². The van der Waals surface area contributed by atoms with Gasteiger partial charge in [-0.2, -0.15) is 0 Å². The number of aryl methyl sites for hydroxylation is 1. The van der Waals surface area contributed by atoms with E-state index in [0.29, 0.717) is 10.7 Å². The molecule has 0 aliphatic rings. The molecule has 0 amide bonds. The van der Waals surface area contributed by atoms with Crippen LogP contribution in [0.25, 0.3) is 10.6 Å². The summed E-state index contributed by atoms with van der Waals surface area (Å²) in [7, 11) is 0. The van der Waals surface area contributed by atoms with Crippen LogP contribution < -0.4 is 0 Å². The number of hydrogen-bond acceptors (Lipinski definition) is 2. The Morgan fingerprint density at radius 2 is 2.21 bits per heavy atom. The molecule has 1 heterocycles. The molecule has 0 unspecified atom stereocenters. The lowest BCUT2D eigenvalue weighted by Crippen LogP contribution is -1.83. The van der Waals surface area contributed by atoms with Gasteiger partial charge in [0.2, 0.25) is 0 Å². The Balaban J connectivity index is 2.47. The summed E-state index contributed by atoms with van der Waals surface area (Å²) in [5.74, 6) is -0.214. The van der Waals surface area contributed by atoms with E-state index in [0.717, 1.165) is 10.6 Å². The second kappa shape index (κ2) is 3.67. The van der Waals surface area contributed by atoms with E-state index < -0.39 is 0 Å². The molecule has 1 aromatic carbocycles. The summed E-state index contributed by atoms with van der Waals surface area (Å²) in [6.45, 7) is 1.73. The molecule has 72 valence electrons. The molecular weight excluding hydrogens is 221 g/mol. The van der Waals surface area contributed by atoms with Crippen LogP contribution in [0.15, 0.2) is 23.6 Å². The molecule has 0 aliphatic heterocycles. The Labute approximate surface area is 90.2 Å². The van der Waals surface area contributed by atoms with E-state index in [9.17, 15) is 4.39 Å². The third kappa shape index (κ3) is 1.79. The number of aromatic nitrogens is 1. The van der Waals surface area contributed by atoms with Crippen molar-refractivity contribution in [3.05, 3.63) is 40.1 Å². The first kappa shape index (κ1) is 9.62. The number of hydrogen-bond donors (Lipinski definition) is 0. The zero-order valence-corrected chi connectivity index (χ0v) is 8.99. The quantitative estimate of drug-likeness (QED) is 0.720. The van der Waals surface area contributed by atoms with E-state index in [-0.39, 0.29) is 5.82 Å². The highest BCUT2D eigenvalue weighted by molar-refractivity contribution is 7.13. The average molecular weight is 228 g/mol. The molecule has 0 radical (unpaired) electrons. The fourth-order valence-electron chi connectivity index (χ4n) is 1.11. The molecule has 0 fully saturated rings. The van der Waals surface area contributed by atoms with E-state index in [1.165, 1.54) is 17.4 Å². The van der Waals surface area contributed by atoms with Crippen LogP contribution in [0.3, 0.4) is 0 Å². The summed E-state index contributed by atoms with van der Waals surface area (Å²) < 4.78 is 13.2. The molecule has 0 spiro atoms. The van der Waals surface area contributed by atoms with Gasteiger partial charge in [0.05, 0.1) is 0 Å². The van der Waals surface area contributed by atoms with E-state index in [1.54, 1.807) is 18.4 Å². The second-order valence-corrected chi connectivity index (χ2v) is 4.18. The predicted molar refractivity (Wildman–Crippen MR) is 57.3 cm³/mol. The topological polar surface area (TPSA) is 12.9 Å². The number of nitrogens with zero attached hydrogens (tertiary/aromatic N) is 1. The minimum absolute atomic E-state index is 0.214. The third-order valence-electron chi connectivity index (χ3n) is 1.89. The van der Waals surface area contributed by atoms with Crippen molar-refractivity contribution in [3.63, 3.8) is 0 Å². The normalized spacial score (nSPS) is 10.5. The van der Waals surface area contributed by atoms with Crippen LogP contribution in [0.2, 0.25) is 5.15 Å². The van der Waals surface area contributed by atoms with E-state index in [1.807, 2.05) is 6.07 Å². The summed E-state index contributed by atoms with van der Waals surface area (Å²) in [5.41, 5.74) is 1.40. The fraction of sp³-hybridized carbons (Fsp3) is 0.100. The highest BCUT2D eigenvalue weighted by Crippen LogP contribution is 2.26. The maximum absolute atomic E-state index is 13.2. The SMILES string of the molecule is Cc1ccc(-c2nc(Cl)cs2)cc1F. The van der Waals surface area contributed by atoms with E-state index >= 15 is 0 Å². The predicted octanol–water partition coefficient (Wildman–Crippen LogP) is 3.91. The van der Waals surface area contributed by atoms with Gasteiger partial charge in [0.15, 0.2) is 0 Å². The molecule has 1 nitrogen and oxygen atoms in total. The number of thiazole rings is 1. The first-order chi connectivity index (χ1) is 6.66. The van der Waals surface area contributed by atoms with Crippen molar-refractivity contribution in [1.82, 2.24) is 4.98 Å². The minimum atomic E-state index is -0.214. The Morgan fingerprint density at radius 3 is 2.79 bits per heavy atom. The van der Waals surface area contributed by atoms with Crippen LogP contribution in [-0.4, -0.2) is 4.98 Å². The summed E-state index contributed by atoms with van der Waals surface area (Å²) in [4.78, 5) is 4.07. The summed E-state index contributed by atoms with van der Waals surface area (Å²) in [6.07, 6.45) is 0. The highest BCUT2D eigenvalue weighted by Gasteiger charge is 2.05. The van der Waals surface area contributed by atoms with E-state index in [2.05, 4.69) is 4.98 Å². The summed E-state index contributed by atoms with van der Waals surface area (Å²) in [5, 5.41) is 2.93. The van der Waals surface area contributed by atoms with Crippen LogP contribution in [-0.2, 0) is 0 Å². The number of halogens is 2. The Bertz CT molecular complexity index is 467. The molecule has 0 N–H and O–H groups in total. The van der Waals surface area contributed by atoms with Crippen LogP contribution in [0.4, 0.5) is 4.39 Å². The van der Waals surface area contributed by atoms with Gasteiger partial charge in [0, 0.05) is 10.9 Å². The Kier molecular flexibility index (Phi) is 2.52. The maximum atomic E-state index is 13.2. The van der Waals surface area contributed by atoms with Crippen molar-refractivity contribution in [2.75, 3.05) is 0 Å². The van der Waals surface area contributed by atoms with Gasteiger partial charge in [0.25, 0.3) is 0 Å². The molecular formula is C10H7ClFNS. The summed E-state index contributed by atoms with van der Waals surface area (Å²) >= 11 is 7.09. The van der Waals surface area contributed by atoms with Crippen molar-refractivity contribution >= 4 is 22.9 Å². The van der Waals surface area contributed by atoms with Crippen LogP contribution in [0.5, 0.6) is 0 Å². The zero-order valence-electron chi connectivity index (χ0n) is 7.42. The smallest absolute Gasteiger partial charge is 0.140 e. The molecule has 0 saturated carbocycles. The minimum Gasteiger partial charge on any atom is -0.224 e. The molecule has 2 aromatic rings. The fourth-order valence-corrected chi connectivity index (χ4v) is 2.06. The second-order valence-electron chi connectivity index (χ2n) is 2.94. The summed E-state index contributed by atoms with van der Waals surface area (Å²) in [6, 6.07) is 5.05. The molecule has 0 atom stereocenters. The maximum Gasteiger partial charge on any atom is 0.140 e. The number of benzene rings is 1. The van der Waals surface area contributed by atoms with Crippen molar-refractivity contribution < 1.29 is 4.39 Å². The molecule has 0 aliphatic carbocycles. The first-order valence-corrected chi connectivity index (χ1v) is 5.30. The van der Waals surface area contributed by atoms with Gasteiger partial charge >= 0.3 is 0 Å². The van der Waals surface area contributed by atoms with Gasteiger partial charge in [-0.25, -0.2) is 9.37 Å². The molecule has 1 aromatic heterocycles. The first-order valence-electron chi connectivity index (χ1n) is 4.04. The molecule has 4 heteroatoms. The number of rotatable bonds is 1. The lowest BCUT2D eigenvalue weighted by molar-refractivity contribution is 0.619. The van der Waals surface area contributed by atoms with Gasteiger partial charge in [0.1, 0.15) is 16.0 Å². The standard InChI is InChI=1S/C10H7ClFNS/c1-6-2-3-7(4-8(6)12)10-13-9(11)5-14-10/h2-5H,1H3. The van der Waals surface area contributed by atoms with Gasteiger partial charge in [-0.05, 0) is 18.6 Å². The Morgan fingerprint density at radius 1 is 1.43 bits per heavy atom. The third-order valence-corrected chi connectivity index (χ3v) is 3.11. The van der Waals surface area contributed by atoms with Gasteiger partial charge in [-0.15, -0.1) is 11.3 Å².